The molecule has 2 aromatic rings. The molecular formula is C20H22N2O3. The Balaban J connectivity index is 1.73. The number of anilines is 1. The van der Waals surface area contributed by atoms with Crippen LogP contribution in [-0.4, -0.2) is 29.4 Å². The number of nitrogens with zero attached hydrogens (tertiary/aromatic N) is 1. The average Bonchev–Trinajstić information content (AvgIpc) is 2.98. The van der Waals surface area contributed by atoms with Gasteiger partial charge in [0.05, 0.1) is 12.3 Å². The van der Waals surface area contributed by atoms with Gasteiger partial charge in [0.25, 0.3) is 0 Å². The van der Waals surface area contributed by atoms with Gasteiger partial charge in [0.1, 0.15) is 11.8 Å². The second-order valence-electron chi connectivity index (χ2n) is 5.98. The molecule has 1 fully saturated rings. The highest BCUT2D eigenvalue weighted by molar-refractivity contribution is 5.99. The van der Waals surface area contributed by atoms with Crippen molar-refractivity contribution in [2.45, 2.75) is 32.4 Å². The first kappa shape index (κ1) is 17.0. The second kappa shape index (κ2) is 7.83. The molecule has 130 valence electrons. The lowest BCUT2D eigenvalue weighted by Gasteiger charge is -2.24. The summed E-state index contributed by atoms with van der Waals surface area (Å²) in [5.41, 5.74) is 1.65. The number of para-hydroxylation sites is 2. The van der Waals surface area contributed by atoms with Crippen LogP contribution >= 0.6 is 0 Å². The van der Waals surface area contributed by atoms with E-state index in [1.54, 1.807) is 11.0 Å². The van der Waals surface area contributed by atoms with Crippen LogP contribution in [0.25, 0.3) is 0 Å². The number of hydrogen-bond donors (Lipinski definition) is 1. The Hall–Kier alpha value is -2.82. The molecule has 0 bridgehead atoms. The molecular weight excluding hydrogens is 316 g/mol. The van der Waals surface area contributed by atoms with Gasteiger partial charge in [-0.05, 0) is 31.0 Å². The molecule has 0 radical (unpaired) electrons. The van der Waals surface area contributed by atoms with Crippen molar-refractivity contribution >= 4 is 17.5 Å². The van der Waals surface area contributed by atoms with E-state index in [4.69, 9.17) is 4.74 Å². The summed E-state index contributed by atoms with van der Waals surface area (Å²) in [6, 6.07) is 16.6. The molecule has 2 amide bonds. The zero-order valence-corrected chi connectivity index (χ0v) is 14.3. The summed E-state index contributed by atoms with van der Waals surface area (Å²) in [7, 11) is 0. The van der Waals surface area contributed by atoms with Crippen molar-refractivity contribution in [2.75, 3.05) is 11.9 Å². The number of rotatable bonds is 6. The Morgan fingerprint density at radius 2 is 1.88 bits per heavy atom. The lowest BCUT2D eigenvalue weighted by atomic mass is 10.1. The van der Waals surface area contributed by atoms with Gasteiger partial charge in [-0.15, -0.1) is 0 Å². The number of benzene rings is 2. The Bertz CT molecular complexity index is 746. The molecule has 2 aromatic carbocycles. The van der Waals surface area contributed by atoms with Gasteiger partial charge in [0.2, 0.25) is 11.8 Å². The lowest BCUT2D eigenvalue weighted by Crippen LogP contribution is -2.41. The molecule has 1 saturated heterocycles. The fraction of sp³-hybridized carbons (Fsp3) is 0.300. The van der Waals surface area contributed by atoms with Gasteiger partial charge < -0.3 is 15.0 Å². The monoisotopic (exact) mass is 338 g/mol. The number of carbonyl (C=O) groups is 2. The topological polar surface area (TPSA) is 58.6 Å². The maximum absolute atomic E-state index is 12.8. The van der Waals surface area contributed by atoms with Crippen LogP contribution in [0.2, 0.25) is 0 Å². The third kappa shape index (κ3) is 3.99. The summed E-state index contributed by atoms with van der Waals surface area (Å²) >= 11 is 0. The van der Waals surface area contributed by atoms with Crippen LogP contribution in [0.1, 0.15) is 25.3 Å². The largest absolute Gasteiger partial charge is 0.492 e. The van der Waals surface area contributed by atoms with E-state index in [0.717, 1.165) is 5.56 Å². The predicted octanol–water partition coefficient (Wildman–Crippen LogP) is 3.22. The Labute approximate surface area is 147 Å². The molecule has 1 atom stereocenters. The van der Waals surface area contributed by atoms with Crippen LogP contribution in [0, 0.1) is 0 Å². The van der Waals surface area contributed by atoms with E-state index in [2.05, 4.69) is 5.32 Å². The minimum Gasteiger partial charge on any atom is -0.492 e. The highest BCUT2D eigenvalue weighted by Gasteiger charge is 2.36. The molecule has 0 aliphatic carbocycles. The smallest absolute Gasteiger partial charge is 0.247 e. The van der Waals surface area contributed by atoms with Crippen LogP contribution < -0.4 is 10.1 Å². The standard InChI is InChI=1S/C20H22N2O3/c1-2-25-18-11-7-6-10-16(18)21-20(24)17-12-13-19(23)22(17)14-15-8-4-3-5-9-15/h3-11,17H,2,12-14H2,1H3,(H,21,24). The summed E-state index contributed by atoms with van der Waals surface area (Å²) in [5.74, 6) is 0.480. The quantitative estimate of drug-likeness (QED) is 0.880. The summed E-state index contributed by atoms with van der Waals surface area (Å²) in [6.45, 7) is 2.87. The van der Waals surface area contributed by atoms with Crippen molar-refractivity contribution in [3.8, 4) is 5.75 Å². The van der Waals surface area contributed by atoms with Gasteiger partial charge in [-0.3, -0.25) is 9.59 Å². The molecule has 25 heavy (non-hydrogen) atoms. The third-order valence-corrected chi connectivity index (χ3v) is 4.27. The van der Waals surface area contributed by atoms with Crippen LogP contribution in [0.3, 0.4) is 0 Å². The van der Waals surface area contributed by atoms with E-state index >= 15 is 0 Å². The molecule has 1 aliphatic rings. The van der Waals surface area contributed by atoms with Gasteiger partial charge in [0.15, 0.2) is 0 Å². The minimum atomic E-state index is -0.456. The van der Waals surface area contributed by atoms with E-state index in [-0.39, 0.29) is 11.8 Å². The number of nitrogens with one attached hydrogen (secondary N) is 1. The second-order valence-corrected chi connectivity index (χ2v) is 5.98. The molecule has 3 rings (SSSR count). The molecule has 1 aliphatic heterocycles. The normalized spacial score (nSPS) is 16.8. The first-order valence-electron chi connectivity index (χ1n) is 8.55. The Morgan fingerprint density at radius 3 is 2.64 bits per heavy atom. The van der Waals surface area contributed by atoms with Gasteiger partial charge in [-0.1, -0.05) is 42.5 Å². The first-order valence-corrected chi connectivity index (χ1v) is 8.55. The SMILES string of the molecule is CCOc1ccccc1NC(=O)C1CCC(=O)N1Cc1ccccc1. The van der Waals surface area contributed by atoms with Gasteiger partial charge >= 0.3 is 0 Å². The van der Waals surface area contributed by atoms with Crippen LogP contribution in [-0.2, 0) is 16.1 Å². The van der Waals surface area contributed by atoms with Gasteiger partial charge in [-0.2, -0.15) is 0 Å². The number of likely N-dealkylation sites (tertiary alicyclic amines) is 1. The van der Waals surface area contributed by atoms with Crippen molar-refractivity contribution in [3.05, 3.63) is 60.2 Å². The van der Waals surface area contributed by atoms with Crippen LogP contribution in [0.5, 0.6) is 5.75 Å². The Morgan fingerprint density at radius 1 is 1.16 bits per heavy atom. The van der Waals surface area contributed by atoms with Crippen LogP contribution in [0.4, 0.5) is 5.69 Å². The van der Waals surface area contributed by atoms with E-state index in [1.807, 2.05) is 55.5 Å². The number of ether oxygens (including phenoxy) is 1. The van der Waals surface area contributed by atoms with E-state index in [9.17, 15) is 9.59 Å². The molecule has 0 saturated carbocycles. The molecule has 0 aromatic heterocycles. The summed E-state index contributed by atoms with van der Waals surface area (Å²) < 4.78 is 5.55. The summed E-state index contributed by atoms with van der Waals surface area (Å²) in [4.78, 5) is 26.7. The fourth-order valence-corrected chi connectivity index (χ4v) is 3.05. The minimum absolute atomic E-state index is 0.0158. The average molecular weight is 338 g/mol. The highest BCUT2D eigenvalue weighted by Crippen LogP contribution is 2.27. The molecule has 5 nitrogen and oxygen atoms in total. The van der Waals surface area contributed by atoms with Crippen molar-refractivity contribution in [1.29, 1.82) is 0 Å². The molecule has 1 heterocycles. The summed E-state index contributed by atoms with van der Waals surface area (Å²) in [5, 5.41) is 2.92. The first-order chi connectivity index (χ1) is 12.2. The van der Waals surface area contributed by atoms with Crippen molar-refractivity contribution in [1.82, 2.24) is 4.90 Å². The molecule has 1 N–H and O–H groups in total. The van der Waals surface area contributed by atoms with Crippen molar-refractivity contribution in [3.63, 3.8) is 0 Å². The van der Waals surface area contributed by atoms with Crippen LogP contribution in [0.15, 0.2) is 54.6 Å². The predicted molar refractivity (Wildman–Crippen MR) is 96.3 cm³/mol. The maximum Gasteiger partial charge on any atom is 0.247 e. The summed E-state index contributed by atoms with van der Waals surface area (Å²) in [6.07, 6.45) is 0.937. The number of carbonyl (C=O) groups excluding carboxylic acids is 2. The number of amides is 2. The van der Waals surface area contributed by atoms with E-state index in [1.165, 1.54) is 0 Å². The van der Waals surface area contributed by atoms with E-state index < -0.39 is 6.04 Å². The van der Waals surface area contributed by atoms with Crippen molar-refractivity contribution < 1.29 is 14.3 Å². The maximum atomic E-state index is 12.8. The van der Waals surface area contributed by atoms with E-state index in [0.29, 0.717) is 37.4 Å². The highest BCUT2D eigenvalue weighted by atomic mass is 16.5. The third-order valence-electron chi connectivity index (χ3n) is 4.27. The Kier molecular flexibility index (Phi) is 5.33. The lowest BCUT2D eigenvalue weighted by molar-refractivity contribution is -0.133. The van der Waals surface area contributed by atoms with Crippen molar-refractivity contribution in [2.24, 2.45) is 0 Å². The van der Waals surface area contributed by atoms with Gasteiger partial charge in [-0.25, -0.2) is 0 Å². The fourth-order valence-electron chi connectivity index (χ4n) is 3.05. The number of hydrogen-bond acceptors (Lipinski definition) is 3. The zero-order chi connectivity index (χ0) is 17.6. The zero-order valence-electron chi connectivity index (χ0n) is 14.3. The molecule has 1 unspecified atom stereocenters. The van der Waals surface area contributed by atoms with Gasteiger partial charge in [0, 0.05) is 13.0 Å². The molecule has 0 spiro atoms. The molecule has 5 heteroatoms.